The molecule has 0 aliphatic carbocycles. The van der Waals surface area contributed by atoms with E-state index in [4.69, 9.17) is 9.47 Å². The predicted octanol–water partition coefficient (Wildman–Crippen LogP) is 3.89. The zero-order chi connectivity index (χ0) is 17.2. The fourth-order valence-electron chi connectivity index (χ4n) is 1.94. The number of rotatable bonds is 9. The van der Waals surface area contributed by atoms with Gasteiger partial charge < -0.3 is 14.8 Å². The van der Waals surface area contributed by atoms with Crippen molar-refractivity contribution in [2.45, 2.75) is 5.75 Å². The Hall–Kier alpha value is -1.66. The van der Waals surface area contributed by atoms with Gasteiger partial charge in [0.1, 0.15) is 18.1 Å². The summed E-state index contributed by atoms with van der Waals surface area (Å²) in [5, 5.41) is 2.85. The van der Waals surface area contributed by atoms with Gasteiger partial charge in [-0.25, -0.2) is 0 Å². The lowest BCUT2D eigenvalue weighted by Crippen LogP contribution is -2.29. The minimum atomic E-state index is 0.0198. The summed E-state index contributed by atoms with van der Waals surface area (Å²) in [6, 6.07) is 15.5. The van der Waals surface area contributed by atoms with Crippen molar-refractivity contribution in [1.29, 1.82) is 0 Å². The van der Waals surface area contributed by atoms with Crippen molar-refractivity contribution < 1.29 is 14.3 Å². The molecule has 0 saturated heterocycles. The third kappa shape index (κ3) is 6.84. The van der Waals surface area contributed by atoms with Gasteiger partial charge in [0.25, 0.3) is 0 Å². The maximum absolute atomic E-state index is 11.8. The summed E-state index contributed by atoms with van der Waals surface area (Å²) in [5.41, 5.74) is 1.21. The van der Waals surface area contributed by atoms with E-state index in [2.05, 4.69) is 33.4 Å². The zero-order valence-electron chi connectivity index (χ0n) is 13.5. The van der Waals surface area contributed by atoms with E-state index in [-0.39, 0.29) is 5.91 Å². The van der Waals surface area contributed by atoms with Gasteiger partial charge in [0, 0.05) is 16.3 Å². The fourth-order valence-corrected chi connectivity index (χ4v) is 3.03. The minimum Gasteiger partial charge on any atom is -0.497 e. The normalized spacial score (nSPS) is 10.2. The number of amides is 1. The first-order valence-electron chi connectivity index (χ1n) is 7.53. The molecule has 0 bridgehead atoms. The second-order valence-electron chi connectivity index (χ2n) is 5.00. The van der Waals surface area contributed by atoms with Crippen LogP contribution in [0.2, 0.25) is 0 Å². The molecule has 6 heteroatoms. The van der Waals surface area contributed by atoms with Crippen molar-refractivity contribution in [2.24, 2.45) is 0 Å². The number of nitrogens with one attached hydrogen (secondary N) is 1. The van der Waals surface area contributed by atoms with Gasteiger partial charge in [-0.1, -0.05) is 34.1 Å². The molecule has 0 atom stereocenters. The molecule has 0 aliphatic heterocycles. The van der Waals surface area contributed by atoms with Gasteiger partial charge in [0.15, 0.2) is 0 Å². The predicted molar refractivity (Wildman–Crippen MR) is 102 cm³/mol. The standard InChI is InChI=1S/C18H20BrNO3S/c1-22-16-3-2-4-17(11-16)23-10-9-20-18(21)13-24-12-14-5-7-15(19)8-6-14/h2-8,11H,9-10,12-13H2,1H3,(H,20,21). The summed E-state index contributed by atoms with van der Waals surface area (Å²) in [6.45, 7) is 0.908. The summed E-state index contributed by atoms with van der Waals surface area (Å²) in [5.74, 6) is 2.76. The van der Waals surface area contributed by atoms with Crippen molar-refractivity contribution in [3.05, 3.63) is 58.6 Å². The Bertz CT molecular complexity index is 649. The fraction of sp³-hybridized carbons (Fsp3) is 0.278. The quantitative estimate of drug-likeness (QED) is 0.638. The van der Waals surface area contributed by atoms with Crippen LogP contribution in [0.15, 0.2) is 53.0 Å². The van der Waals surface area contributed by atoms with Gasteiger partial charge >= 0.3 is 0 Å². The van der Waals surface area contributed by atoms with E-state index < -0.39 is 0 Å². The van der Waals surface area contributed by atoms with Crippen LogP contribution in [0.25, 0.3) is 0 Å². The van der Waals surface area contributed by atoms with Crippen molar-refractivity contribution >= 4 is 33.6 Å². The highest BCUT2D eigenvalue weighted by Gasteiger charge is 2.02. The summed E-state index contributed by atoms with van der Waals surface area (Å²) >= 11 is 5.00. The number of hydrogen-bond acceptors (Lipinski definition) is 4. The molecule has 2 aromatic rings. The number of thioether (sulfide) groups is 1. The van der Waals surface area contributed by atoms with Gasteiger partial charge in [0.05, 0.1) is 19.4 Å². The molecular weight excluding hydrogens is 390 g/mol. The van der Waals surface area contributed by atoms with Gasteiger partial charge in [-0.05, 0) is 29.8 Å². The molecule has 0 radical (unpaired) electrons. The largest absolute Gasteiger partial charge is 0.497 e. The lowest BCUT2D eigenvalue weighted by atomic mass is 10.2. The summed E-state index contributed by atoms with van der Waals surface area (Å²) in [7, 11) is 1.62. The van der Waals surface area contributed by atoms with Crippen LogP contribution in [-0.4, -0.2) is 31.9 Å². The number of ether oxygens (including phenoxy) is 2. The first-order chi connectivity index (χ1) is 11.7. The first kappa shape index (κ1) is 18.7. The van der Waals surface area contributed by atoms with Gasteiger partial charge in [-0.2, -0.15) is 0 Å². The first-order valence-corrected chi connectivity index (χ1v) is 9.48. The molecule has 24 heavy (non-hydrogen) atoms. The number of methoxy groups -OCH3 is 1. The Kier molecular flexibility index (Phi) is 7.98. The third-order valence-corrected chi connectivity index (χ3v) is 4.68. The van der Waals surface area contributed by atoms with Gasteiger partial charge in [-0.3, -0.25) is 4.79 Å². The lowest BCUT2D eigenvalue weighted by Gasteiger charge is -2.09. The lowest BCUT2D eigenvalue weighted by molar-refractivity contribution is -0.118. The molecule has 2 rings (SSSR count). The molecule has 0 heterocycles. The number of carbonyl (C=O) groups is 1. The van der Waals surface area contributed by atoms with E-state index in [1.165, 1.54) is 5.56 Å². The van der Waals surface area contributed by atoms with Gasteiger partial charge in [-0.15, -0.1) is 11.8 Å². The highest BCUT2D eigenvalue weighted by molar-refractivity contribution is 9.10. The Morgan fingerprint density at radius 3 is 2.67 bits per heavy atom. The number of hydrogen-bond donors (Lipinski definition) is 1. The Balaban J connectivity index is 1.58. The minimum absolute atomic E-state index is 0.0198. The molecular formula is C18H20BrNO3S. The van der Waals surface area contributed by atoms with Crippen LogP contribution in [-0.2, 0) is 10.5 Å². The van der Waals surface area contributed by atoms with E-state index >= 15 is 0 Å². The summed E-state index contributed by atoms with van der Waals surface area (Å²) in [4.78, 5) is 11.8. The van der Waals surface area contributed by atoms with Crippen molar-refractivity contribution in [2.75, 3.05) is 26.0 Å². The molecule has 4 nitrogen and oxygen atoms in total. The maximum Gasteiger partial charge on any atom is 0.230 e. The highest BCUT2D eigenvalue weighted by Crippen LogP contribution is 2.18. The summed E-state index contributed by atoms with van der Waals surface area (Å²) in [6.07, 6.45) is 0. The van der Waals surface area contributed by atoms with Crippen molar-refractivity contribution in [3.8, 4) is 11.5 Å². The average Bonchev–Trinajstić information content (AvgIpc) is 2.61. The topological polar surface area (TPSA) is 47.6 Å². The number of carbonyl (C=O) groups excluding carboxylic acids is 1. The second kappa shape index (κ2) is 10.3. The second-order valence-corrected chi connectivity index (χ2v) is 6.90. The smallest absolute Gasteiger partial charge is 0.230 e. The Labute approximate surface area is 155 Å². The Morgan fingerprint density at radius 1 is 1.17 bits per heavy atom. The molecule has 2 aromatic carbocycles. The molecule has 0 aliphatic rings. The van der Waals surface area contributed by atoms with E-state index in [0.717, 1.165) is 21.7 Å². The molecule has 1 amide bonds. The molecule has 0 aromatic heterocycles. The van der Waals surface area contributed by atoms with E-state index in [0.29, 0.717) is 18.9 Å². The molecule has 1 N–H and O–H groups in total. The van der Waals surface area contributed by atoms with Crippen LogP contribution in [0.3, 0.4) is 0 Å². The molecule has 128 valence electrons. The monoisotopic (exact) mass is 409 g/mol. The SMILES string of the molecule is COc1cccc(OCCNC(=O)CSCc2ccc(Br)cc2)c1. The molecule has 0 spiro atoms. The van der Waals surface area contributed by atoms with Gasteiger partial charge in [0.2, 0.25) is 5.91 Å². The molecule has 0 unspecified atom stereocenters. The van der Waals surface area contributed by atoms with Crippen LogP contribution < -0.4 is 14.8 Å². The van der Waals surface area contributed by atoms with Crippen LogP contribution in [0, 0.1) is 0 Å². The van der Waals surface area contributed by atoms with Crippen molar-refractivity contribution in [1.82, 2.24) is 5.32 Å². The Morgan fingerprint density at radius 2 is 1.92 bits per heavy atom. The summed E-state index contributed by atoms with van der Waals surface area (Å²) < 4.78 is 11.8. The highest BCUT2D eigenvalue weighted by atomic mass is 79.9. The molecule has 0 fully saturated rings. The molecule has 0 saturated carbocycles. The van der Waals surface area contributed by atoms with Crippen molar-refractivity contribution in [3.63, 3.8) is 0 Å². The zero-order valence-corrected chi connectivity index (χ0v) is 15.9. The number of halogens is 1. The average molecular weight is 410 g/mol. The van der Waals surface area contributed by atoms with E-state index in [1.807, 2.05) is 36.4 Å². The van der Waals surface area contributed by atoms with E-state index in [9.17, 15) is 4.79 Å². The number of benzene rings is 2. The maximum atomic E-state index is 11.8. The van der Waals surface area contributed by atoms with Crippen LogP contribution in [0.1, 0.15) is 5.56 Å². The third-order valence-electron chi connectivity index (χ3n) is 3.15. The van der Waals surface area contributed by atoms with E-state index in [1.54, 1.807) is 18.9 Å². The van der Waals surface area contributed by atoms with Crippen LogP contribution in [0.5, 0.6) is 11.5 Å². The van der Waals surface area contributed by atoms with Crippen LogP contribution in [0.4, 0.5) is 0 Å². The van der Waals surface area contributed by atoms with Crippen LogP contribution >= 0.6 is 27.7 Å².